The molecule has 9 heteroatoms. The zero-order valence-electron chi connectivity index (χ0n) is 17.6. The Kier molecular flexibility index (Phi) is 7.80. The molecule has 0 radical (unpaired) electrons. The van der Waals surface area contributed by atoms with Crippen LogP contribution in [0.1, 0.15) is 19.8 Å². The van der Waals surface area contributed by atoms with Crippen LogP contribution in [0.5, 0.6) is 11.5 Å². The van der Waals surface area contributed by atoms with Gasteiger partial charge in [-0.15, -0.1) is 0 Å². The molecule has 2 unspecified atom stereocenters. The zero-order valence-corrected chi connectivity index (χ0v) is 19.2. The number of hydrogen-bond acceptors (Lipinski definition) is 5. The standard InChI is InChI=1S/C22H27ClN2O5S/c1-16(15-30-21-8-4-3-7-20(21)29-2)24-22(26)17-6-5-13-25(14-17)31(27,28)19-11-9-18(23)10-12-19/h3-4,7-12,16-17H,5-6,13-15H2,1-2H3,(H,24,26). The van der Waals surface area contributed by atoms with Crippen molar-refractivity contribution in [3.8, 4) is 11.5 Å². The summed E-state index contributed by atoms with van der Waals surface area (Å²) >= 11 is 5.86. The average Bonchev–Trinajstić information content (AvgIpc) is 2.78. The first-order valence-electron chi connectivity index (χ1n) is 10.1. The van der Waals surface area contributed by atoms with E-state index in [9.17, 15) is 13.2 Å². The summed E-state index contributed by atoms with van der Waals surface area (Å²) in [6.07, 6.45) is 1.26. The fourth-order valence-electron chi connectivity index (χ4n) is 3.49. The number of hydrogen-bond donors (Lipinski definition) is 1. The normalized spacial score (nSPS) is 18.2. The van der Waals surface area contributed by atoms with Gasteiger partial charge in [0.05, 0.1) is 24.0 Å². The predicted molar refractivity (Wildman–Crippen MR) is 119 cm³/mol. The number of rotatable bonds is 8. The Hall–Kier alpha value is -2.29. The molecule has 2 atom stereocenters. The van der Waals surface area contributed by atoms with Gasteiger partial charge in [0.2, 0.25) is 15.9 Å². The summed E-state index contributed by atoms with van der Waals surface area (Å²) in [5.41, 5.74) is 0. The van der Waals surface area contributed by atoms with Crippen molar-refractivity contribution >= 4 is 27.5 Å². The number of carbonyl (C=O) groups is 1. The van der Waals surface area contributed by atoms with Crippen LogP contribution >= 0.6 is 11.6 Å². The summed E-state index contributed by atoms with van der Waals surface area (Å²) in [6.45, 7) is 2.65. The molecule has 0 saturated carbocycles. The average molecular weight is 467 g/mol. The van der Waals surface area contributed by atoms with Crippen LogP contribution in [0.15, 0.2) is 53.4 Å². The lowest BCUT2D eigenvalue weighted by molar-refractivity contribution is -0.126. The van der Waals surface area contributed by atoms with Crippen molar-refractivity contribution in [3.63, 3.8) is 0 Å². The molecule has 1 saturated heterocycles. The molecule has 2 aromatic rings. The molecule has 0 aromatic heterocycles. The maximum absolute atomic E-state index is 12.9. The van der Waals surface area contributed by atoms with Gasteiger partial charge in [0.15, 0.2) is 11.5 Å². The van der Waals surface area contributed by atoms with Crippen LogP contribution in [0.2, 0.25) is 5.02 Å². The van der Waals surface area contributed by atoms with Crippen LogP contribution in [-0.4, -0.2) is 51.5 Å². The first-order valence-corrected chi connectivity index (χ1v) is 11.9. The van der Waals surface area contributed by atoms with E-state index in [1.165, 1.54) is 16.4 Å². The summed E-state index contributed by atoms with van der Waals surface area (Å²) in [6, 6.07) is 13.1. The van der Waals surface area contributed by atoms with E-state index in [1.54, 1.807) is 31.4 Å². The van der Waals surface area contributed by atoms with Gasteiger partial charge in [0, 0.05) is 18.1 Å². The van der Waals surface area contributed by atoms with Gasteiger partial charge < -0.3 is 14.8 Å². The number of piperidine rings is 1. The van der Waals surface area contributed by atoms with Crippen molar-refractivity contribution in [1.29, 1.82) is 0 Å². The number of nitrogens with zero attached hydrogens (tertiary/aromatic N) is 1. The number of para-hydroxylation sites is 2. The minimum absolute atomic E-state index is 0.150. The molecule has 31 heavy (non-hydrogen) atoms. The number of sulfonamides is 1. The van der Waals surface area contributed by atoms with Crippen molar-refractivity contribution in [2.45, 2.75) is 30.7 Å². The number of halogens is 1. The van der Waals surface area contributed by atoms with E-state index >= 15 is 0 Å². The SMILES string of the molecule is COc1ccccc1OCC(C)NC(=O)C1CCCN(S(=O)(=O)c2ccc(Cl)cc2)C1. The molecular weight excluding hydrogens is 440 g/mol. The molecule has 1 amide bonds. The number of methoxy groups -OCH3 is 1. The number of carbonyl (C=O) groups excluding carboxylic acids is 1. The van der Waals surface area contributed by atoms with E-state index in [4.69, 9.17) is 21.1 Å². The number of nitrogens with one attached hydrogen (secondary N) is 1. The van der Waals surface area contributed by atoms with E-state index in [-0.39, 0.29) is 30.0 Å². The molecule has 0 aliphatic carbocycles. The minimum atomic E-state index is -3.67. The summed E-state index contributed by atoms with van der Waals surface area (Å²) in [5.74, 6) is 0.636. The lowest BCUT2D eigenvalue weighted by Crippen LogP contribution is -2.48. The van der Waals surface area contributed by atoms with Crippen LogP contribution in [0.3, 0.4) is 0 Å². The van der Waals surface area contributed by atoms with Crippen LogP contribution in [0.25, 0.3) is 0 Å². The minimum Gasteiger partial charge on any atom is -0.493 e. The van der Waals surface area contributed by atoms with Crippen LogP contribution < -0.4 is 14.8 Å². The second kappa shape index (κ2) is 10.3. The van der Waals surface area contributed by atoms with Gasteiger partial charge >= 0.3 is 0 Å². The van der Waals surface area contributed by atoms with Crippen LogP contribution in [-0.2, 0) is 14.8 Å². The van der Waals surface area contributed by atoms with Crippen molar-refractivity contribution in [3.05, 3.63) is 53.6 Å². The molecule has 168 valence electrons. The van der Waals surface area contributed by atoms with E-state index in [0.717, 1.165) is 0 Å². The highest BCUT2D eigenvalue weighted by molar-refractivity contribution is 7.89. The molecule has 1 N–H and O–H groups in total. The highest BCUT2D eigenvalue weighted by Crippen LogP contribution is 2.26. The van der Waals surface area contributed by atoms with Gasteiger partial charge in [-0.2, -0.15) is 4.31 Å². The summed E-state index contributed by atoms with van der Waals surface area (Å²) in [5, 5.41) is 3.40. The molecular formula is C22H27ClN2O5S. The summed E-state index contributed by atoms with van der Waals surface area (Å²) in [7, 11) is -2.10. The van der Waals surface area contributed by atoms with Crippen molar-refractivity contribution in [2.24, 2.45) is 5.92 Å². The molecule has 7 nitrogen and oxygen atoms in total. The first-order chi connectivity index (χ1) is 14.8. The molecule has 0 bridgehead atoms. The van der Waals surface area contributed by atoms with Crippen LogP contribution in [0, 0.1) is 5.92 Å². The Bertz CT molecular complexity index is 997. The maximum atomic E-state index is 12.9. The molecule has 1 heterocycles. The second-order valence-electron chi connectivity index (χ2n) is 7.53. The van der Waals surface area contributed by atoms with Crippen molar-refractivity contribution in [2.75, 3.05) is 26.8 Å². The highest BCUT2D eigenvalue weighted by Gasteiger charge is 2.33. The maximum Gasteiger partial charge on any atom is 0.243 e. The first kappa shape index (κ1) is 23.4. The topological polar surface area (TPSA) is 84.9 Å². The third kappa shape index (κ3) is 5.90. The molecule has 1 aliphatic heterocycles. The fourth-order valence-corrected chi connectivity index (χ4v) is 5.14. The van der Waals surface area contributed by atoms with Gasteiger partial charge in [-0.3, -0.25) is 4.79 Å². The van der Waals surface area contributed by atoms with Gasteiger partial charge in [-0.1, -0.05) is 23.7 Å². The van der Waals surface area contributed by atoms with Crippen molar-refractivity contribution in [1.82, 2.24) is 9.62 Å². The third-order valence-corrected chi connectivity index (χ3v) is 7.28. The number of amides is 1. The molecule has 3 rings (SSSR count). The largest absolute Gasteiger partial charge is 0.493 e. The fraction of sp³-hybridized carbons (Fsp3) is 0.409. The van der Waals surface area contributed by atoms with Gasteiger partial charge in [0.25, 0.3) is 0 Å². The Morgan fingerprint density at radius 1 is 1.19 bits per heavy atom. The van der Waals surface area contributed by atoms with Crippen LogP contribution in [0.4, 0.5) is 0 Å². The summed E-state index contributed by atoms with van der Waals surface area (Å²) in [4.78, 5) is 12.9. The Morgan fingerprint density at radius 3 is 2.55 bits per heavy atom. The molecule has 0 spiro atoms. The van der Waals surface area contributed by atoms with E-state index in [0.29, 0.717) is 35.9 Å². The molecule has 1 aliphatic rings. The predicted octanol–water partition coefficient (Wildman–Crippen LogP) is 3.33. The zero-order chi connectivity index (χ0) is 22.4. The monoisotopic (exact) mass is 466 g/mol. The Morgan fingerprint density at radius 2 is 1.87 bits per heavy atom. The second-order valence-corrected chi connectivity index (χ2v) is 9.90. The van der Waals surface area contributed by atoms with E-state index < -0.39 is 15.9 Å². The smallest absolute Gasteiger partial charge is 0.243 e. The Balaban J connectivity index is 1.57. The number of ether oxygens (including phenoxy) is 2. The lowest BCUT2D eigenvalue weighted by Gasteiger charge is -2.31. The quantitative estimate of drug-likeness (QED) is 0.645. The van der Waals surface area contributed by atoms with Gasteiger partial charge in [-0.25, -0.2) is 8.42 Å². The lowest BCUT2D eigenvalue weighted by atomic mass is 9.98. The van der Waals surface area contributed by atoms with Gasteiger partial charge in [-0.05, 0) is 56.2 Å². The highest BCUT2D eigenvalue weighted by atomic mass is 35.5. The van der Waals surface area contributed by atoms with E-state index in [2.05, 4.69) is 5.32 Å². The Labute approximate surface area is 188 Å². The van der Waals surface area contributed by atoms with E-state index in [1.807, 2.05) is 19.1 Å². The van der Waals surface area contributed by atoms with Crippen molar-refractivity contribution < 1.29 is 22.7 Å². The summed E-state index contributed by atoms with van der Waals surface area (Å²) < 4.78 is 38.3. The third-order valence-electron chi connectivity index (χ3n) is 5.15. The molecule has 2 aromatic carbocycles. The van der Waals surface area contributed by atoms with Gasteiger partial charge in [0.1, 0.15) is 6.61 Å². The molecule has 1 fully saturated rings. The number of benzene rings is 2.